The van der Waals surface area contributed by atoms with Crippen LogP contribution in [0.2, 0.25) is 0 Å². The molecule has 180 valence electrons. The monoisotopic (exact) mass is 486 g/mol. The van der Waals surface area contributed by atoms with Crippen molar-refractivity contribution >= 4 is 31.2 Å². The summed E-state index contributed by atoms with van der Waals surface area (Å²) in [6.45, 7) is 9.18. The van der Waals surface area contributed by atoms with Gasteiger partial charge in [0, 0.05) is 11.7 Å². The van der Waals surface area contributed by atoms with Crippen LogP contribution in [-0.2, 0) is 4.74 Å². The fourth-order valence-electron chi connectivity index (χ4n) is 4.68. The van der Waals surface area contributed by atoms with Gasteiger partial charge in [0.1, 0.15) is 6.10 Å². The molecule has 4 aromatic rings. The van der Waals surface area contributed by atoms with Gasteiger partial charge in [-0.05, 0) is 58.4 Å². The minimum absolute atomic E-state index is 0.213. The smallest absolute Gasteiger partial charge is 0.294 e. The number of hydrogen-bond donors (Lipinski definition) is 2. The van der Waals surface area contributed by atoms with Gasteiger partial charge in [-0.3, -0.25) is 0 Å². The van der Waals surface area contributed by atoms with Crippen LogP contribution in [-0.4, -0.2) is 40.5 Å². The van der Waals surface area contributed by atoms with Gasteiger partial charge in [0.15, 0.2) is 0 Å². The molecular formula is C29H31N2O3P. The largest absolute Gasteiger partial charge is 0.459 e. The first-order chi connectivity index (χ1) is 16.9. The highest BCUT2D eigenvalue weighted by atomic mass is 31.0. The van der Waals surface area contributed by atoms with E-state index in [1.165, 1.54) is 16.7 Å². The molecule has 1 aliphatic heterocycles. The average Bonchev–Trinajstić information content (AvgIpc) is 3.26. The third kappa shape index (κ3) is 4.90. The molecule has 0 saturated carbocycles. The molecule has 1 fully saturated rings. The molecule has 3 atom stereocenters. The van der Waals surface area contributed by atoms with Crippen LogP contribution in [0.4, 0.5) is 0 Å². The van der Waals surface area contributed by atoms with Crippen molar-refractivity contribution in [2.45, 2.75) is 38.9 Å². The summed E-state index contributed by atoms with van der Waals surface area (Å²) in [5.41, 5.74) is 9.95. The minimum atomic E-state index is -0.499. The van der Waals surface area contributed by atoms with E-state index in [9.17, 15) is 5.11 Å². The number of rotatable bonds is 6. The summed E-state index contributed by atoms with van der Waals surface area (Å²) >= 11 is 0. The van der Waals surface area contributed by atoms with E-state index >= 15 is 0 Å². The first-order valence-corrected chi connectivity index (χ1v) is 12.6. The molecule has 35 heavy (non-hydrogen) atoms. The predicted octanol–water partition coefficient (Wildman–Crippen LogP) is 5.66. The van der Waals surface area contributed by atoms with E-state index < -0.39 is 6.10 Å². The Morgan fingerprint density at radius 3 is 2.43 bits per heavy atom. The SMILES string of the molecule is C=C(CC)c1ccc(-c2ccc(-c3c(C)cc4[nH]c(OC5COCC(O)C5)nc4c3P)cc2)cc1. The third-order valence-corrected chi connectivity index (χ3v) is 7.21. The number of aliphatic hydroxyl groups is 1. The Morgan fingerprint density at radius 2 is 1.77 bits per heavy atom. The van der Waals surface area contributed by atoms with E-state index in [-0.39, 0.29) is 6.10 Å². The van der Waals surface area contributed by atoms with Crippen molar-refractivity contribution in [3.63, 3.8) is 0 Å². The minimum Gasteiger partial charge on any atom is -0.459 e. The fraction of sp³-hybridized carbons (Fsp3) is 0.276. The summed E-state index contributed by atoms with van der Waals surface area (Å²) in [7, 11) is 2.86. The van der Waals surface area contributed by atoms with Crippen molar-refractivity contribution in [3.05, 3.63) is 72.3 Å². The highest BCUT2D eigenvalue weighted by Gasteiger charge is 2.24. The number of ether oxygens (including phenoxy) is 2. The Kier molecular flexibility index (Phi) is 6.75. The van der Waals surface area contributed by atoms with Crippen LogP contribution in [0.1, 0.15) is 30.9 Å². The summed E-state index contributed by atoms with van der Waals surface area (Å²) in [6, 6.07) is 19.8. The lowest BCUT2D eigenvalue weighted by Gasteiger charge is -2.25. The zero-order valence-electron chi connectivity index (χ0n) is 20.2. The van der Waals surface area contributed by atoms with Crippen LogP contribution < -0.4 is 10.0 Å². The van der Waals surface area contributed by atoms with Crippen molar-refractivity contribution in [1.29, 1.82) is 0 Å². The van der Waals surface area contributed by atoms with E-state index in [1.807, 2.05) is 0 Å². The van der Waals surface area contributed by atoms with Crippen LogP contribution in [0, 0.1) is 6.92 Å². The van der Waals surface area contributed by atoms with Gasteiger partial charge in [0.25, 0.3) is 6.01 Å². The second-order valence-corrected chi connectivity index (χ2v) is 9.78. The number of aromatic nitrogens is 2. The number of nitrogens with zero attached hydrogens (tertiary/aromatic N) is 1. The molecule has 1 saturated heterocycles. The number of fused-ring (bicyclic) bond motifs is 1. The number of aryl methyl sites for hydroxylation is 1. The highest BCUT2D eigenvalue weighted by molar-refractivity contribution is 7.29. The highest BCUT2D eigenvalue weighted by Crippen LogP contribution is 2.31. The van der Waals surface area contributed by atoms with Crippen molar-refractivity contribution in [1.82, 2.24) is 9.97 Å². The third-order valence-electron chi connectivity index (χ3n) is 6.64. The first-order valence-electron chi connectivity index (χ1n) is 12.0. The van der Waals surface area contributed by atoms with Gasteiger partial charge in [-0.2, -0.15) is 4.98 Å². The van der Waals surface area contributed by atoms with Gasteiger partial charge < -0.3 is 19.6 Å². The predicted molar refractivity (Wildman–Crippen MR) is 146 cm³/mol. The van der Waals surface area contributed by atoms with Crippen molar-refractivity contribution < 1.29 is 14.6 Å². The molecule has 2 heterocycles. The molecule has 1 aromatic heterocycles. The molecule has 3 unspecified atom stereocenters. The lowest BCUT2D eigenvalue weighted by molar-refractivity contribution is -0.0646. The zero-order chi connectivity index (χ0) is 24.5. The molecule has 0 amide bonds. The summed E-state index contributed by atoms with van der Waals surface area (Å²) in [6.07, 6.45) is 0.782. The average molecular weight is 487 g/mol. The number of hydrogen-bond acceptors (Lipinski definition) is 4. The van der Waals surface area contributed by atoms with Gasteiger partial charge in [-0.25, -0.2) is 0 Å². The molecule has 0 aliphatic carbocycles. The number of allylic oxidation sites excluding steroid dienone is 1. The van der Waals surface area contributed by atoms with Crippen LogP contribution in [0.3, 0.4) is 0 Å². The molecule has 0 bridgehead atoms. The topological polar surface area (TPSA) is 67.4 Å². The molecule has 2 N–H and O–H groups in total. The molecule has 5 nitrogen and oxygen atoms in total. The molecule has 6 heteroatoms. The Hall–Kier alpha value is -2.98. The summed E-state index contributed by atoms with van der Waals surface area (Å²) < 4.78 is 11.4. The van der Waals surface area contributed by atoms with Crippen LogP contribution in [0.25, 0.3) is 38.9 Å². The normalized spacial score (nSPS) is 18.1. The van der Waals surface area contributed by atoms with Gasteiger partial charge in [0.2, 0.25) is 0 Å². The van der Waals surface area contributed by atoms with Gasteiger partial charge >= 0.3 is 0 Å². The van der Waals surface area contributed by atoms with E-state index in [0.29, 0.717) is 25.6 Å². The molecule has 1 aliphatic rings. The summed E-state index contributed by atoms with van der Waals surface area (Å²) in [4.78, 5) is 7.99. The number of aliphatic hydroxyl groups excluding tert-OH is 1. The van der Waals surface area contributed by atoms with Crippen molar-refractivity contribution in [3.8, 4) is 28.3 Å². The molecule has 0 spiro atoms. The lowest BCUT2D eigenvalue weighted by atomic mass is 9.96. The number of H-pyrrole nitrogens is 1. The van der Waals surface area contributed by atoms with Crippen LogP contribution in [0.15, 0.2) is 61.2 Å². The number of benzene rings is 3. The van der Waals surface area contributed by atoms with Crippen molar-refractivity contribution in [2.24, 2.45) is 0 Å². The second kappa shape index (κ2) is 9.94. The van der Waals surface area contributed by atoms with Gasteiger partial charge in [0.05, 0.1) is 30.4 Å². The van der Waals surface area contributed by atoms with Gasteiger partial charge in [-0.1, -0.05) is 62.0 Å². The van der Waals surface area contributed by atoms with E-state index in [1.54, 1.807) is 0 Å². The van der Waals surface area contributed by atoms with Gasteiger partial charge in [-0.15, -0.1) is 9.24 Å². The summed E-state index contributed by atoms with van der Waals surface area (Å²) in [5.74, 6) is 0. The maximum Gasteiger partial charge on any atom is 0.294 e. The molecule has 5 rings (SSSR count). The Morgan fingerprint density at radius 1 is 1.11 bits per heavy atom. The molecule has 3 aromatic carbocycles. The van der Waals surface area contributed by atoms with Crippen LogP contribution >= 0.6 is 9.24 Å². The van der Waals surface area contributed by atoms with E-state index in [0.717, 1.165) is 45.0 Å². The number of imidazole rings is 1. The van der Waals surface area contributed by atoms with E-state index in [4.69, 9.17) is 14.5 Å². The quantitative estimate of drug-likeness (QED) is 0.345. The molecular weight excluding hydrogens is 455 g/mol. The Labute approximate surface area is 208 Å². The fourth-order valence-corrected chi connectivity index (χ4v) is 5.29. The van der Waals surface area contributed by atoms with Crippen molar-refractivity contribution in [2.75, 3.05) is 13.2 Å². The first kappa shape index (κ1) is 23.7. The molecule has 0 radical (unpaired) electrons. The lowest BCUT2D eigenvalue weighted by Crippen LogP contribution is -2.36. The van der Waals surface area contributed by atoms with Crippen LogP contribution in [0.5, 0.6) is 6.01 Å². The number of aromatic amines is 1. The maximum atomic E-state index is 9.83. The zero-order valence-corrected chi connectivity index (χ0v) is 21.3. The second-order valence-electron chi connectivity index (χ2n) is 9.20. The standard InChI is InChI=1S/C29H31N2O3P/c1-4-17(2)19-5-7-20(8-6-19)21-9-11-22(12-10-21)26-18(3)13-25-27(28(26)35)31-29(30-25)34-24-14-23(32)15-33-16-24/h5-13,23-24,32H,2,4,14-16,35H2,1,3H3,(H,30,31). The Balaban J connectivity index is 1.41. The summed E-state index contributed by atoms with van der Waals surface area (Å²) in [5, 5.41) is 10.9. The number of nitrogens with one attached hydrogen (secondary N) is 1. The Bertz CT molecular complexity index is 1360. The van der Waals surface area contributed by atoms with E-state index in [2.05, 4.69) is 89.2 Å². The maximum absolute atomic E-state index is 9.83.